The van der Waals surface area contributed by atoms with E-state index in [2.05, 4.69) is 9.97 Å². The fraction of sp³-hybridized carbons (Fsp3) is 0.167. The summed E-state index contributed by atoms with van der Waals surface area (Å²) < 4.78 is 5.40. The summed E-state index contributed by atoms with van der Waals surface area (Å²) in [7, 11) is 0. The van der Waals surface area contributed by atoms with E-state index in [1.54, 1.807) is 18.3 Å². The van der Waals surface area contributed by atoms with Crippen LogP contribution in [0.5, 0.6) is 11.6 Å². The van der Waals surface area contributed by atoms with Gasteiger partial charge in [-0.05, 0) is 12.1 Å². The first-order valence-electron chi connectivity index (χ1n) is 5.10. The minimum absolute atomic E-state index is 0.0688. The number of aliphatic hydroxyl groups excluding tert-OH is 1. The van der Waals surface area contributed by atoms with Gasteiger partial charge in [0.2, 0.25) is 5.88 Å². The first kappa shape index (κ1) is 11.3. The van der Waals surface area contributed by atoms with Gasteiger partial charge >= 0.3 is 0 Å². The lowest BCUT2D eigenvalue weighted by atomic mass is 10.2. The van der Waals surface area contributed by atoms with Gasteiger partial charge in [-0.1, -0.05) is 6.07 Å². The van der Waals surface area contributed by atoms with Crippen molar-refractivity contribution in [2.75, 3.05) is 0 Å². The molecule has 0 fully saturated rings. The van der Waals surface area contributed by atoms with Crippen LogP contribution in [0.3, 0.4) is 0 Å². The molecular formula is C12H12N2O3. The minimum atomic E-state index is -0.0688. The molecule has 0 saturated heterocycles. The second-order valence-electron chi connectivity index (χ2n) is 3.46. The van der Waals surface area contributed by atoms with Gasteiger partial charge in [0.25, 0.3) is 0 Å². The third-order valence-corrected chi connectivity index (χ3v) is 2.16. The number of aliphatic hydroxyl groups is 1. The van der Waals surface area contributed by atoms with Gasteiger partial charge < -0.3 is 14.9 Å². The van der Waals surface area contributed by atoms with Crippen LogP contribution in [0.4, 0.5) is 0 Å². The lowest BCUT2D eigenvalue weighted by molar-refractivity contribution is 0.275. The van der Waals surface area contributed by atoms with E-state index in [9.17, 15) is 0 Å². The Labute approximate surface area is 98.4 Å². The summed E-state index contributed by atoms with van der Waals surface area (Å²) in [6.45, 7) is 0.275. The van der Waals surface area contributed by atoms with Crippen LogP contribution in [0.15, 0.2) is 36.7 Å². The van der Waals surface area contributed by atoms with Gasteiger partial charge in [0.1, 0.15) is 12.4 Å². The predicted octanol–water partition coefficient (Wildman–Crippen LogP) is 1.25. The summed E-state index contributed by atoms with van der Waals surface area (Å²) >= 11 is 0. The molecule has 0 unspecified atom stereocenters. The lowest BCUT2D eigenvalue weighted by Crippen LogP contribution is -1.98. The molecule has 0 aromatic carbocycles. The summed E-state index contributed by atoms with van der Waals surface area (Å²) in [4.78, 5) is 7.93. The maximum atomic E-state index is 9.05. The molecular weight excluding hydrogens is 220 g/mol. The molecule has 2 rings (SSSR count). The number of aromatic nitrogens is 2. The number of rotatable bonds is 4. The van der Waals surface area contributed by atoms with Gasteiger partial charge in [0.05, 0.1) is 18.5 Å². The molecule has 17 heavy (non-hydrogen) atoms. The SMILES string of the molecule is OCc1ccc(COc2ccc(O)cn2)cn1. The van der Waals surface area contributed by atoms with Crippen LogP contribution in [0.25, 0.3) is 0 Å². The third-order valence-electron chi connectivity index (χ3n) is 2.16. The summed E-state index contributed by atoms with van der Waals surface area (Å²) in [6, 6.07) is 6.67. The highest BCUT2D eigenvalue weighted by atomic mass is 16.5. The Morgan fingerprint density at radius 3 is 2.53 bits per heavy atom. The monoisotopic (exact) mass is 232 g/mol. The van der Waals surface area contributed by atoms with Crippen LogP contribution in [0, 0.1) is 0 Å². The minimum Gasteiger partial charge on any atom is -0.506 e. The second kappa shape index (κ2) is 5.27. The summed E-state index contributed by atoms with van der Waals surface area (Å²) in [5.74, 6) is 0.542. The van der Waals surface area contributed by atoms with Gasteiger partial charge in [-0.25, -0.2) is 4.98 Å². The van der Waals surface area contributed by atoms with Crippen LogP contribution < -0.4 is 4.74 Å². The van der Waals surface area contributed by atoms with Crippen molar-refractivity contribution in [1.82, 2.24) is 9.97 Å². The van der Waals surface area contributed by atoms with Crippen LogP contribution in [-0.4, -0.2) is 20.2 Å². The van der Waals surface area contributed by atoms with Crippen LogP contribution in [0.1, 0.15) is 11.3 Å². The van der Waals surface area contributed by atoms with Crippen molar-refractivity contribution in [1.29, 1.82) is 0 Å². The van der Waals surface area contributed by atoms with Crippen molar-refractivity contribution in [2.24, 2.45) is 0 Å². The van der Waals surface area contributed by atoms with Gasteiger partial charge in [0, 0.05) is 17.8 Å². The topological polar surface area (TPSA) is 75.5 Å². The summed E-state index contributed by atoms with van der Waals surface area (Å²) in [5.41, 5.74) is 1.51. The molecule has 0 spiro atoms. The molecule has 0 amide bonds. The van der Waals surface area contributed by atoms with Crippen molar-refractivity contribution in [2.45, 2.75) is 13.2 Å². The fourth-order valence-electron chi connectivity index (χ4n) is 1.25. The lowest BCUT2D eigenvalue weighted by Gasteiger charge is -2.05. The molecule has 0 bridgehead atoms. The Balaban J connectivity index is 1.95. The maximum Gasteiger partial charge on any atom is 0.213 e. The van der Waals surface area contributed by atoms with Crippen LogP contribution >= 0.6 is 0 Å². The van der Waals surface area contributed by atoms with E-state index < -0.39 is 0 Å². The average molecular weight is 232 g/mol. The molecule has 0 saturated carbocycles. The predicted molar refractivity (Wildman–Crippen MR) is 60.4 cm³/mol. The molecule has 2 aromatic heterocycles. The second-order valence-corrected chi connectivity index (χ2v) is 3.46. The zero-order chi connectivity index (χ0) is 12.1. The quantitative estimate of drug-likeness (QED) is 0.829. The average Bonchev–Trinajstić information content (AvgIpc) is 2.39. The Hall–Kier alpha value is -2.14. The third kappa shape index (κ3) is 3.15. The van der Waals surface area contributed by atoms with Crippen LogP contribution in [0.2, 0.25) is 0 Å². The van der Waals surface area contributed by atoms with Gasteiger partial charge in [-0.3, -0.25) is 4.98 Å². The Morgan fingerprint density at radius 1 is 1.06 bits per heavy atom. The van der Waals surface area contributed by atoms with Gasteiger partial charge in [-0.2, -0.15) is 0 Å². The van der Waals surface area contributed by atoms with Crippen molar-refractivity contribution in [3.63, 3.8) is 0 Å². The molecule has 0 radical (unpaired) electrons. The number of hydrogen-bond donors (Lipinski definition) is 2. The van der Waals surface area contributed by atoms with E-state index in [1.165, 1.54) is 12.3 Å². The molecule has 2 aromatic rings. The van der Waals surface area contributed by atoms with Crippen molar-refractivity contribution >= 4 is 0 Å². The Morgan fingerprint density at radius 2 is 1.94 bits per heavy atom. The van der Waals surface area contributed by atoms with Gasteiger partial charge in [0.15, 0.2) is 0 Å². The maximum absolute atomic E-state index is 9.05. The van der Waals surface area contributed by atoms with Gasteiger partial charge in [-0.15, -0.1) is 0 Å². The van der Waals surface area contributed by atoms with E-state index in [-0.39, 0.29) is 12.4 Å². The standard InChI is InChI=1S/C12H12N2O3/c15-7-10-2-1-9(5-13-10)8-17-12-4-3-11(16)6-14-12/h1-6,15-16H,7-8H2. The molecule has 2 heterocycles. The highest BCUT2D eigenvalue weighted by molar-refractivity contribution is 5.21. The highest BCUT2D eigenvalue weighted by Gasteiger charge is 1.98. The van der Waals surface area contributed by atoms with E-state index in [4.69, 9.17) is 14.9 Å². The van der Waals surface area contributed by atoms with E-state index in [0.29, 0.717) is 18.2 Å². The Kier molecular flexibility index (Phi) is 3.52. The molecule has 88 valence electrons. The van der Waals surface area contributed by atoms with Crippen LogP contribution in [-0.2, 0) is 13.2 Å². The van der Waals surface area contributed by atoms with Crippen molar-refractivity contribution in [3.05, 3.63) is 47.9 Å². The van der Waals surface area contributed by atoms with Crippen molar-refractivity contribution < 1.29 is 14.9 Å². The first-order valence-corrected chi connectivity index (χ1v) is 5.10. The summed E-state index contributed by atoms with van der Waals surface area (Å²) in [5, 5.41) is 17.9. The van der Waals surface area contributed by atoms with E-state index in [1.807, 2.05) is 6.07 Å². The fourth-order valence-corrected chi connectivity index (χ4v) is 1.25. The zero-order valence-corrected chi connectivity index (χ0v) is 9.08. The molecule has 2 N–H and O–H groups in total. The molecule has 5 nitrogen and oxygen atoms in total. The highest BCUT2D eigenvalue weighted by Crippen LogP contribution is 2.13. The molecule has 0 aliphatic rings. The molecule has 0 atom stereocenters. The summed E-state index contributed by atoms with van der Waals surface area (Å²) in [6.07, 6.45) is 2.97. The smallest absolute Gasteiger partial charge is 0.213 e. The Bertz CT molecular complexity index is 468. The number of nitrogens with zero attached hydrogens (tertiary/aromatic N) is 2. The number of aromatic hydroxyl groups is 1. The zero-order valence-electron chi connectivity index (χ0n) is 9.08. The first-order chi connectivity index (χ1) is 8.28. The number of pyridine rings is 2. The largest absolute Gasteiger partial charge is 0.506 e. The molecule has 5 heteroatoms. The number of hydrogen-bond acceptors (Lipinski definition) is 5. The van der Waals surface area contributed by atoms with E-state index >= 15 is 0 Å². The number of ether oxygens (including phenoxy) is 1. The molecule has 0 aliphatic carbocycles. The normalized spacial score (nSPS) is 10.2. The van der Waals surface area contributed by atoms with Crippen molar-refractivity contribution in [3.8, 4) is 11.6 Å². The molecule has 0 aliphatic heterocycles. The van der Waals surface area contributed by atoms with E-state index in [0.717, 1.165) is 5.56 Å².